The van der Waals surface area contributed by atoms with Crippen molar-refractivity contribution < 1.29 is 37.3 Å². The van der Waals surface area contributed by atoms with E-state index in [-0.39, 0.29) is 31.5 Å². The van der Waals surface area contributed by atoms with Gasteiger partial charge in [-0.15, -0.1) is 0 Å². The van der Waals surface area contributed by atoms with E-state index in [1.807, 2.05) is 33.3 Å². The monoisotopic (exact) mass is 1100 g/mol. The number of likely N-dealkylation sites (N-methyl/N-ethyl adjacent to an activating group) is 1. The Morgan fingerprint density at radius 2 is 0.844 bits per heavy atom. The van der Waals surface area contributed by atoms with Crippen LogP contribution in [0.4, 0.5) is 0 Å². The average molecular weight is 1100 g/mol. The highest BCUT2D eigenvalue weighted by Gasteiger charge is 2.30. The van der Waals surface area contributed by atoms with Gasteiger partial charge in [0.05, 0.1) is 33.8 Å². The van der Waals surface area contributed by atoms with E-state index in [2.05, 4.69) is 74.7 Å². The van der Waals surface area contributed by atoms with Gasteiger partial charge in [-0.05, 0) is 76.7 Å². The Labute approximate surface area is 477 Å². The van der Waals surface area contributed by atoms with E-state index in [0.29, 0.717) is 17.4 Å². The molecule has 3 atom stereocenters. The minimum Gasteiger partial charge on any atom is -0.456 e. The van der Waals surface area contributed by atoms with Crippen LogP contribution in [0.15, 0.2) is 60.8 Å². The van der Waals surface area contributed by atoms with Crippen molar-refractivity contribution in [2.24, 2.45) is 0 Å². The highest BCUT2D eigenvalue weighted by atomic mass is 31.2. The third-order valence-electron chi connectivity index (χ3n) is 14.5. The fourth-order valence-electron chi connectivity index (χ4n) is 9.47. The molecule has 450 valence electrons. The van der Waals surface area contributed by atoms with Crippen LogP contribution in [-0.4, -0.2) is 74.3 Å². The molecule has 1 amide bonds. The first-order valence-corrected chi connectivity index (χ1v) is 34.1. The van der Waals surface area contributed by atoms with Gasteiger partial charge in [0.25, 0.3) is 0 Å². The maximum atomic E-state index is 13.6. The molecule has 9 nitrogen and oxygen atoms in total. The molecule has 10 heteroatoms. The lowest BCUT2D eigenvalue weighted by Crippen LogP contribution is -2.47. The minimum atomic E-state index is -4.45. The van der Waals surface area contributed by atoms with Crippen LogP contribution in [0.3, 0.4) is 0 Å². The van der Waals surface area contributed by atoms with Crippen molar-refractivity contribution in [2.75, 3.05) is 40.9 Å². The van der Waals surface area contributed by atoms with Crippen molar-refractivity contribution in [3.05, 3.63) is 60.8 Å². The SMILES string of the molecule is CC/C=C/C=C/C=C/CCCCCCCCCC(=O)OC(/C=C\CCCCCCCCCCCCC)C(COP(=O)(O)OCC[N+](C)(C)C)NC(=O)CCCCCCCCCCCCCCC/C=C/CCCCCCCC. The highest BCUT2D eigenvalue weighted by molar-refractivity contribution is 7.47. The Hall–Kier alpha value is -2.29. The van der Waals surface area contributed by atoms with Gasteiger partial charge in [0.2, 0.25) is 5.91 Å². The first kappa shape index (κ1) is 74.7. The second kappa shape index (κ2) is 57.0. The third kappa shape index (κ3) is 58.2. The molecule has 0 rings (SSSR count). The molecule has 0 radical (unpaired) electrons. The molecule has 2 N–H and O–H groups in total. The van der Waals surface area contributed by atoms with Crippen LogP contribution in [0.25, 0.3) is 0 Å². The van der Waals surface area contributed by atoms with E-state index in [1.165, 1.54) is 193 Å². The summed E-state index contributed by atoms with van der Waals surface area (Å²) in [5.74, 6) is -0.511. The Bertz CT molecular complexity index is 1500. The van der Waals surface area contributed by atoms with Crippen LogP contribution in [0.1, 0.15) is 303 Å². The first-order chi connectivity index (χ1) is 37.4. The highest BCUT2D eigenvalue weighted by Crippen LogP contribution is 2.43. The van der Waals surface area contributed by atoms with Gasteiger partial charge >= 0.3 is 13.8 Å². The summed E-state index contributed by atoms with van der Waals surface area (Å²) in [6.45, 7) is 6.90. The van der Waals surface area contributed by atoms with Crippen LogP contribution < -0.4 is 5.32 Å². The van der Waals surface area contributed by atoms with Crippen molar-refractivity contribution in [1.29, 1.82) is 0 Å². The Morgan fingerprint density at radius 1 is 0.468 bits per heavy atom. The normalized spacial score (nSPS) is 14.0. The molecule has 0 aromatic rings. The Kier molecular flexibility index (Phi) is 55.3. The molecule has 0 saturated heterocycles. The summed E-state index contributed by atoms with van der Waals surface area (Å²) in [4.78, 5) is 37.8. The number of phosphoric acid groups is 1. The summed E-state index contributed by atoms with van der Waals surface area (Å²) in [6.07, 6.45) is 72.2. The van der Waals surface area contributed by atoms with Crippen molar-refractivity contribution in [1.82, 2.24) is 5.32 Å². The van der Waals surface area contributed by atoms with E-state index >= 15 is 0 Å². The zero-order valence-electron chi connectivity index (χ0n) is 51.5. The molecule has 0 spiro atoms. The molecule has 0 aliphatic rings. The zero-order valence-corrected chi connectivity index (χ0v) is 52.3. The molecule has 0 fully saturated rings. The fraction of sp³-hybridized carbons (Fsp3) is 0.821. The van der Waals surface area contributed by atoms with Gasteiger partial charge in [0.1, 0.15) is 19.3 Å². The first-order valence-electron chi connectivity index (χ1n) is 32.6. The quantitative estimate of drug-likeness (QED) is 0.0156. The van der Waals surface area contributed by atoms with Gasteiger partial charge in [-0.3, -0.25) is 18.6 Å². The fourth-order valence-corrected chi connectivity index (χ4v) is 10.2. The Balaban J connectivity index is 5.16. The number of unbranched alkanes of at least 4 members (excludes halogenated alkanes) is 37. The predicted molar refractivity (Wildman–Crippen MR) is 332 cm³/mol. The van der Waals surface area contributed by atoms with Crippen molar-refractivity contribution in [3.8, 4) is 0 Å². The molecule has 0 aliphatic carbocycles. The van der Waals surface area contributed by atoms with E-state index in [0.717, 1.165) is 77.0 Å². The summed E-state index contributed by atoms with van der Waals surface area (Å²) in [5.41, 5.74) is 0. The molecule has 3 unspecified atom stereocenters. The van der Waals surface area contributed by atoms with Gasteiger partial charge in [0.15, 0.2) is 0 Å². The lowest BCUT2D eigenvalue weighted by atomic mass is 10.0. The standard InChI is InChI=1S/C67H125N2O7P/c1-7-10-13-16-19-22-25-28-30-31-32-33-34-35-36-37-39-41-44-47-50-53-56-59-66(70)68-64(63-75-77(72,73)74-62-61-69(4,5)6)65(58-55-52-49-46-43-40-27-24-21-18-15-12-9-3)76-67(71)60-57-54-51-48-45-42-38-29-26-23-20-17-14-11-8-2/h11,14,17,20,23,26,28,30,55,58,64-65H,7-10,12-13,15-16,18-19,21-22,24-25,27,29,31-54,56-57,59-63H2,1-6H3,(H-,68,70,72,73)/p+1/b14-11+,20-17+,26-23+,30-28+,58-55-. The van der Waals surface area contributed by atoms with Crippen LogP contribution in [-0.2, 0) is 27.9 Å². The second-order valence-corrected chi connectivity index (χ2v) is 24.8. The number of quaternary nitrogens is 1. The molecule has 0 aromatic carbocycles. The van der Waals surface area contributed by atoms with Gasteiger partial charge in [-0.1, -0.05) is 275 Å². The van der Waals surface area contributed by atoms with Crippen LogP contribution in [0.5, 0.6) is 0 Å². The smallest absolute Gasteiger partial charge is 0.456 e. The van der Waals surface area contributed by atoms with E-state index < -0.39 is 20.0 Å². The number of allylic oxidation sites excluding steroid dienone is 9. The largest absolute Gasteiger partial charge is 0.472 e. The maximum absolute atomic E-state index is 13.6. The van der Waals surface area contributed by atoms with Gasteiger partial charge in [0, 0.05) is 12.8 Å². The zero-order chi connectivity index (χ0) is 56.4. The number of amides is 1. The number of carbonyl (C=O) groups excluding carboxylic acids is 2. The summed E-state index contributed by atoms with van der Waals surface area (Å²) in [5, 5.41) is 3.06. The van der Waals surface area contributed by atoms with Crippen molar-refractivity contribution in [3.63, 3.8) is 0 Å². The molecule has 77 heavy (non-hydrogen) atoms. The third-order valence-corrected chi connectivity index (χ3v) is 15.5. The predicted octanol–water partition coefficient (Wildman–Crippen LogP) is 20.2. The molecular formula is C67H126N2O7P+. The number of nitrogens with one attached hydrogen (secondary N) is 1. The molecular weight excluding hydrogens is 976 g/mol. The number of carbonyl (C=O) groups is 2. The second-order valence-electron chi connectivity index (χ2n) is 23.3. The summed E-state index contributed by atoms with van der Waals surface area (Å²) in [6, 6.07) is -0.854. The van der Waals surface area contributed by atoms with Gasteiger partial charge < -0.3 is 19.4 Å². The van der Waals surface area contributed by atoms with E-state index in [4.69, 9.17) is 13.8 Å². The number of ether oxygens (including phenoxy) is 1. The topological polar surface area (TPSA) is 111 Å². The number of phosphoric ester groups is 1. The molecule has 0 aromatic heterocycles. The van der Waals surface area contributed by atoms with E-state index in [9.17, 15) is 19.0 Å². The lowest BCUT2D eigenvalue weighted by molar-refractivity contribution is -0.870. The number of esters is 1. The minimum absolute atomic E-state index is 0.0377. The van der Waals surface area contributed by atoms with Crippen LogP contribution in [0.2, 0.25) is 0 Å². The molecule has 0 bridgehead atoms. The summed E-state index contributed by atoms with van der Waals surface area (Å²) >= 11 is 0. The Morgan fingerprint density at radius 3 is 1.27 bits per heavy atom. The molecule has 0 saturated carbocycles. The number of nitrogens with zero attached hydrogens (tertiary/aromatic N) is 1. The van der Waals surface area contributed by atoms with Crippen LogP contribution >= 0.6 is 7.82 Å². The average Bonchev–Trinajstić information content (AvgIpc) is 3.39. The van der Waals surface area contributed by atoms with Gasteiger partial charge in [-0.2, -0.15) is 0 Å². The molecule has 0 aliphatic heterocycles. The van der Waals surface area contributed by atoms with Crippen molar-refractivity contribution >= 4 is 19.7 Å². The molecule has 0 heterocycles. The van der Waals surface area contributed by atoms with Crippen LogP contribution in [0, 0.1) is 0 Å². The van der Waals surface area contributed by atoms with Gasteiger partial charge in [-0.25, -0.2) is 4.57 Å². The summed E-state index contributed by atoms with van der Waals surface area (Å²) < 4.78 is 30.7. The number of rotatable bonds is 59. The number of hydrogen-bond donors (Lipinski definition) is 2. The van der Waals surface area contributed by atoms with E-state index in [1.54, 1.807) is 0 Å². The van der Waals surface area contributed by atoms with Crippen molar-refractivity contribution in [2.45, 2.75) is 315 Å². The maximum Gasteiger partial charge on any atom is 0.472 e. The summed E-state index contributed by atoms with van der Waals surface area (Å²) in [7, 11) is 1.49. The lowest BCUT2D eigenvalue weighted by Gasteiger charge is -2.27. The number of hydrogen-bond acceptors (Lipinski definition) is 6.